The molecule has 1 fully saturated rings. The summed E-state index contributed by atoms with van der Waals surface area (Å²) in [7, 11) is 0. The first-order chi connectivity index (χ1) is 8.81. The zero-order valence-corrected chi connectivity index (χ0v) is 10.2. The number of hydrogen-bond acceptors (Lipinski definition) is 4. The highest BCUT2D eigenvalue weighted by molar-refractivity contribution is 5.89. The number of amides is 4. The number of rotatable bonds is 7. The zero-order valence-electron chi connectivity index (χ0n) is 10.2. The number of hydrogen-bond donors (Lipinski definition) is 4. The van der Waals surface area contributed by atoms with Crippen molar-refractivity contribution in [2.45, 2.75) is 18.9 Å². The van der Waals surface area contributed by atoms with Crippen LogP contribution in [0.1, 0.15) is 12.8 Å². The molecule has 1 atom stereocenters. The van der Waals surface area contributed by atoms with Crippen molar-refractivity contribution in [1.82, 2.24) is 10.2 Å². The van der Waals surface area contributed by atoms with Gasteiger partial charge in [-0.25, -0.2) is 9.59 Å². The van der Waals surface area contributed by atoms with Gasteiger partial charge >= 0.3 is 12.0 Å². The molecule has 0 spiro atoms. The van der Waals surface area contributed by atoms with E-state index in [1.807, 2.05) is 0 Å². The van der Waals surface area contributed by atoms with Crippen LogP contribution in [0.5, 0.6) is 0 Å². The average molecular weight is 272 g/mol. The molecule has 0 aromatic carbocycles. The van der Waals surface area contributed by atoms with Crippen molar-refractivity contribution in [2.24, 2.45) is 17.4 Å². The van der Waals surface area contributed by atoms with Gasteiger partial charge in [0.2, 0.25) is 11.8 Å². The molecular weight excluding hydrogens is 256 g/mol. The van der Waals surface area contributed by atoms with Crippen molar-refractivity contribution in [3.05, 3.63) is 0 Å². The fraction of sp³-hybridized carbons (Fsp3) is 0.600. The molecule has 106 valence electrons. The van der Waals surface area contributed by atoms with Gasteiger partial charge in [0.1, 0.15) is 19.1 Å². The number of aliphatic carboxylic acids is 1. The summed E-state index contributed by atoms with van der Waals surface area (Å²) in [4.78, 5) is 45.1. The van der Waals surface area contributed by atoms with Crippen molar-refractivity contribution in [2.75, 3.05) is 13.1 Å². The second-order valence-electron chi connectivity index (χ2n) is 4.39. The Labute approximate surface area is 108 Å². The van der Waals surface area contributed by atoms with Gasteiger partial charge in [-0.05, 0) is 18.8 Å². The van der Waals surface area contributed by atoms with Crippen LogP contribution >= 0.6 is 0 Å². The van der Waals surface area contributed by atoms with E-state index in [4.69, 9.17) is 16.6 Å². The maximum absolute atomic E-state index is 11.8. The zero-order chi connectivity index (χ0) is 14.6. The van der Waals surface area contributed by atoms with Crippen LogP contribution in [-0.4, -0.2) is 53.0 Å². The Kier molecular flexibility index (Phi) is 4.67. The Morgan fingerprint density at radius 3 is 1.95 bits per heavy atom. The van der Waals surface area contributed by atoms with Crippen LogP contribution in [0.2, 0.25) is 0 Å². The molecule has 1 saturated carbocycles. The van der Waals surface area contributed by atoms with Crippen LogP contribution in [0.25, 0.3) is 0 Å². The van der Waals surface area contributed by atoms with Crippen molar-refractivity contribution in [1.29, 1.82) is 0 Å². The van der Waals surface area contributed by atoms with Crippen molar-refractivity contribution >= 4 is 23.8 Å². The molecule has 1 aliphatic carbocycles. The van der Waals surface area contributed by atoms with Gasteiger partial charge in [-0.3, -0.25) is 9.59 Å². The summed E-state index contributed by atoms with van der Waals surface area (Å²) in [5.41, 5.74) is 9.88. The Hall–Kier alpha value is -2.32. The van der Waals surface area contributed by atoms with E-state index in [1.165, 1.54) is 0 Å². The number of carbonyl (C=O) groups excluding carboxylic acids is 3. The van der Waals surface area contributed by atoms with E-state index in [9.17, 15) is 19.2 Å². The lowest BCUT2D eigenvalue weighted by Gasteiger charge is -2.22. The Morgan fingerprint density at radius 2 is 1.63 bits per heavy atom. The third-order valence-electron chi connectivity index (χ3n) is 2.62. The third-order valence-corrected chi connectivity index (χ3v) is 2.62. The van der Waals surface area contributed by atoms with Crippen LogP contribution in [0.4, 0.5) is 4.79 Å². The van der Waals surface area contributed by atoms with Gasteiger partial charge < -0.3 is 26.8 Å². The van der Waals surface area contributed by atoms with Crippen LogP contribution < -0.4 is 16.8 Å². The number of carbonyl (C=O) groups is 4. The normalized spacial score (nSPS) is 15.4. The molecular formula is C10H16N4O5. The van der Waals surface area contributed by atoms with E-state index in [-0.39, 0.29) is 5.92 Å². The molecule has 1 unspecified atom stereocenters. The number of carboxylic acid groups (broad SMARTS) is 1. The fourth-order valence-electron chi connectivity index (χ4n) is 1.61. The van der Waals surface area contributed by atoms with Gasteiger partial charge in [-0.2, -0.15) is 0 Å². The van der Waals surface area contributed by atoms with Crippen molar-refractivity contribution in [3.63, 3.8) is 0 Å². The maximum Gasteiger partial charge on any atom is 0.326 e. The van der Waals surface area contributed by atoms with Gasteiger partial charge in [-0.1, -0.05) is 0 Å². The number of nitrogens with zero attached hydrogens (tertiary/aromatic N) is 1. The molecule has 0 aromatic heterocycles. The highest BCUT2D eigenvalue weighted by atomic mass is 16.4. The molecule has 0 heterocycles. The maximum atomic E-state index is 11.8. The Balaban J connectivity index is 2.66. The number of nitrogens with one attached hydrogen (secondary N) is 1. The molecule has 0 aromatic rings. The molecule has 9 nitrogen and oxygen atoms in total. The van der Waals surface area contributed by atoms with Gasteiger partial charge in [0.15, 0.2) is 0 Å². The number of carboxylic acids is 1. The molecule has 4 amide bonds. The molecule has 9 heteroatoms. The minimum absolute atomic E-state index is 0.120. The number of primary amides is 2. The molecule has 0 radical (unpaired) electrons. The molecule has 6 N–H and O–H groups in total. The lowest BCUT2D eigenvalue weighted by molar-refractivity contribution is -0.139. The second-order valence-corrected chi connectivity index (χ2v) is 4.39. The Bertz CT molecular complexity index is 391. The molecule has 0 aliphatic heterocycles. The topological polar surface area (TPSA) is 156 Å². The third kappa shape index (κ3) is 4.82. The van der Waals surface area contributed by atoms with Gasteiger partial charge in [-0.15, -0.1) is 0 Å². The first-order valence-electron chi connectivity index (χ1n) is 5.66. The number of nitrogens with two attached hydrogens (primary N) is 2. The lowest BCUT2D eigenvalue weighted by atomic mass is 10.2. The molecule has 0 saturated heterocycles. The average Bonchev–Trinajstić information content (AvgIpc) is 3.06. The molecule has 1 aliphatic rings. The summed E-state index contributed by atoms with van der Waals surface area (Å²) in [6.45, 7) is -1.02. The largest absolute Gasteiger partial charge is 0.480 e. The molecule has 0 bridgehead atoms. The fourth-order valence-corrected chi connectivity index (χ4v) is 1.61. The predicted molar refractivity (Wildman–Crippen MR) is 62.6 cm³/mol. The SMILES string of the molecule is NC(=O)CN(CC(N)=O)C(=O)NC(C(=O)O)C1CC1. The first kappa shape index (κ1) is 14.7. The van der Waals surface area contributed by atoms with Gasteiger partial charge in [0.25, 0.3) is 0 Å². The summed E-state index contributed by atoms with van der Waals surface area (Å²) in [5, 5.41) is 11.2. The second kappa shape index (κ2) is 6.03. The summed E-state index contributed by atoms with van der Waals surface area (Å²) < 4.78 is 0. The first-order valence-corrected chi connectivity index (χ1v) is 5.66. The summed E-state index contributed by atoms with van der Waals surface area (Å²) in [5.74, 6) is -2.93. The molecule has 19 heavy (non-hydrogen) atoms. The van der Waals surface area contributed by atoms with Crippen molar-refractivity contribution in [3.8, 4) is 0 Å². The quantitative estimate of drug-likeness (QED) is 0.415. The van der Waals surface area contributed by atoms with Crippen LogP contribution in [0.3, 0.4) is 0 Å². The van der Waals surface area contributed by atoms with E-state index in [2.05, 4.69) is 5.32 Å². The van der Waals surface area contributed by atoms with Gasteiger partial charge in [0.05, 0.1) is 0 Å². The minimum Gasteiger partial charge on any atom is -0.480 e. The predicted octanol–water partition coefficient (Wildman–Crippen LogP) is -2.17. The minimum atomic E-state index is -1.16. The van der Waals surface area contributed by atoms with Crippen molar-refractivity contribution < 1.29 is 24.3 Å². The standard InChI is InChI=1S/C10H16N4O5/c11-6(15)3-14(4-7(12)16)10(19)13-8(9(17)18)5-1-2-5/h5,8H,1-4H2,(H2,11,15)(H2,12,16)(H,13,19)(H,17,18). The monoisotopic (exact) mass is 272 g/mol. The molecule has 1 rings (SSSR count). The highest BCUT2D eigenvalue weighted by Gasteiger charge is 2.38. The summed E-state index contributed by atoms with van der Waals surface area (Å²) in [6, 6.07) is -1.88. The van der Waals surface area contributed by atoms with Crippen LogP contribution in [0.15, 0.2) is 0 Å². The summed E-state index contributed by atoms with van der Waals surface area (Å²) >= 11 is 0. The van der Waals surface area contributed by atoms with Crippen LogP contribution in [0, 0.1) is 5.92 Å². The summed E-state index contributed by atoms with van der Waals surface area (Å²) in [6.07, 6.45) is 1.42. The van der Waals surface area contributed by atoms with E-state index in [0.29, 0.717) is 12.8 Å². The van der Waals surface area contributed by atoms with E-state index >= 15 is 0 Å². The Morgan fingerprint density at radius 1 is 1.16 bits per heavy atom. The lowest BCUT2D eigenvalue weighted by Crippen LogP contribution is -2.52. The van der Waals surface area contributed by atoms with E-state index < -0.39 is 42.9 Å². The highest BCUT2D eigenvalue weighted by Crippen LogP contribution is 2.32. The van der Waals surface area contributed by atoms with E-state index in [0.717, 1.165) is 4.90 Å². The smallest absolute Gasteiger partial charge is 0.326 e. The van der Waals surface area contributed by atoms with Gasteiger partial charge in [0, 0.05) is 0 Å². The van der Waals surface area contributed by atoms with Crippen LogP contribution in [-0.2, 0) is 14.4 Å². The van der Waals surface area contributed by atoms with E-state index in [1.54, 1.807) is 0 Å². The number of urea groups is 1.